The molecule has 2 aromatic rings. The van der Waals surface area contributed by atoms with Crippen molar-refractivity contribution in [2.45, 2.75) is 6.54 Å². The second-order valence-electron chi connectivity index (χ2n) is 4.04. The zero-order valence-corrected chi connectivity index (χ0v) is 10.4. The molecule has 0 saturated heterocycles. The number of rotatable bonds is 4. The van der Waals surface area contributed by atoms with E-state index in [1.807, 2.05) is 0 Å². The Balaban J connectivity index is 2.16. The fourth-order valence-electron chi connectivity index (χ4n) is 1.68. The summed E-state index contributed by atoms with van der Waals surface area (Å²) in [6.45, 7) is 0.140. The average molecular weight is 264 g/mol. The zero-order valence-electron chi connectivity index (χ0n) is 10.4. The summed E-state index contributed by atoms with van der Waals surface area (Å²) in [4.78, 5) is 0. The number of nitrogen functional groups attached to an aromatic ring is 1. The van der Waals surface area contributed by atoms with E-state index in [0.717, 1.165) is 18.2 Å². The number of halogens is 2. The van der Waals surface area contributed by atoms with Crippen LogP contribution in [0, 0.1) is 11.6 Å². The standard InChI is InChI=1S/C14H14F2N2O/c1-19-11-3-5-13(17)14(7-11)18-8-9-6-10(15)2-4-12(9)16/h2-7,18H,8,17H2,1H3. The molecule has 0 aromatic heterocycles. The van der Waals surface area contributed by atoms with Crippen LogP contribution in [-0.4, -0.2) is 7.11 Å². The number of anilines is 2. The molecule has 3 nitrogen and oxygen atoms in total. The van der Waals surface area contributed by atoms with Crippen molar-refractivity contribution in [3.05, 3.63) is 53.6 Å². The van der Waals surface area contributed by atoms with Crippen molar-refractivity contribution in [1.29, 1.82) is 0 Å². The summed E-state index contributed by atoms with van der Waals surface area (Å²) in [7, 11) is 1.54. The third kappa shape index (κ3) is 3.13. The molecule has 0 bridgehead atoms. The van der Waals surface area contributed by atoms with Crippen LogP contribution in [0.4, 0.5) is 20.2 Å². The van der Waals surface area contributed by atoms with Gasteiger partial charge in [-0.1, -0.05) is 0 Å². The van der Waals surface area contributed by atoms with E-state index in [9.17, 15) is 8.78 Å². The first kappa shape index (κ1) is 13.1. The molecule has 0 aliphatic carbocycles. The highest BCUT2D eigenvalue weighted by molar-refractivity contribution is 5.68. The predicted molar refractivity (Wildman–Crippen MR) is 71.1 cm³/mol. The molecule has 0 fully saturated rings. The maximum absolute atomic E-state index is 13.5. The lowest BCUT2D eigenvalue weighted by Crippen LogP contribution is -2.05. The lowest BCUT2D eigenvalue weighted by atomic mass is 10.2. The third-order valence-corrected chi connectivity index (χ3v) is 2.74. The molecule has 0 saturated carbocycles. The van der Waals surface area contributed by atoms with Crippen molar-refractivity contribution in [2.24, 2.45) is 0 Å². The van der Waals surface area contributed by atoms with Gasteiger partial charge in [0.2, 0.25) is 0 Å². The fraction of sp³-hybridized carbons (Fsp3) is 0.143. The van der Waals surface area contributed by atoms with Gasteiger partial charge in [0.1, 0.15) is 17.4 Å². The van der Waals surface area contributed by atoms with Gasteiger partial charge in [-0.15, -0.1) is 0 Å². The van der Waals surface area contributed by atoms with Crippen LogP contribution in [0.2, 0.25) is 0 Å². The molecule has 2 rings (SSSR count). The molecule has 0 amide bonds. The van der Waals surface area contributed by atoms with Crippen LogP contribution < -0.4 is 15.8 Å². The smallest absolute Gasteiger partial charge is 0.128 e. The third-order valence-electron chi connectivity index (χ3n) is 2.74. The van der Waals surface area contributed by atoms with E-state index in [2.05, 4.69) is 5.32 Å². The largest absolute Gasteiger partial charge is 0.497 e. The first-order chi connectivity index (χ1) is 9.10. The quantitative estimate of drug-likeness (QED) is 0.834. The molecule has 0 spiro atoms. The van der Waals surface area contributed by atoms with Gasteiger partial charge < -0.3 is 15.8 Å². The minimum Gasteiger partial charge on any atom is -0.497 e. The summed E-state index contributed by atoms with van der Waals surface area (Å²) >= 11 is 0. The Labute approximate surface area is 110 Å². The molecule has 0 unspecified atom stereocenters. The maximum Gasteiger partial charge on any atom is 0.128 e. The second-order valence-corrected chi connectivity index (χ2v) is 4.04. The van der Waals surface area contributed by atoms with Gasteiger partial charge in [-0.3, -0.25) is 0 Å². The molecule has 0 aliphatic heterocycles. The van der Waals surface area contributed by atoms with Crippen LogP contribution in [0.1, 0.15) is 5.56 Å². The molecule has 0 aliphatic rings. The van der Waals surface area contributed by atoms with Gasteiger partial charge in [-0.25, -0.2) is 8.78 Å². The van der Waals surface area contributed by atoms with Crippen molar-refractivity contribution < 1.29 is 13.5 Å². The predicted octanol–water partition coefficient (Wildman–Crippen LogP) is 3.17. The molecule has 5 heteroatoms. The van der Waals surface area contributed by atoms with Crippen molar-refractivity contribution in [3.63, 3.8) is 0 Å². The summed E-state index contributed by atoms with van der Waals surface area (Å²) in [5.41, 5.74) is 7.15. The van der Waals surface area contributed by atoms with Gasteiger partial charge in [-0.05, 0) is 30.3 Å². The van der Waals surface area contributed by atoms with Crippen molar-refractivity contribution in [1.82, 2.24) is 0 Å². The van der Waals surface area contributed by atoms with E-state index in [1.165, 1.54) is 0 Å². The molecular formula is C14H14F2N2O. The van der Waals surface area contributed by atoms with Gasteiger partial charge >= 0.3 is 0 Å². The van der Waals surface area contributed by atoms with Crippen LogP contribution in [0.3, 0.4) is 0 Å². The number of hydrogen-bond donors (Lipinski definition) is 2. The summed E-state index contributed by atoms with van der Waals surface area (Å²) < 4.78 is 31.6. The van der Waals surface area contributed by atoms with E-state index >= 15 is 0 Å². The molecule has 2 aromatic carbocycles. The summed E-state index contributed by atoms with van der Waals surface area (Å²) in [6.07, 6.45) is 0. The van der Waals surface area contributed by atoms with Gasteiger partial charge in [0.15, 0.2) is 0 Å². The first-order valence-electron chi connectivity index (χ1n) is 5.71. The Morgan fingerprint density at radius 1 is 1.16 bits per heavy atom. The average Bonchev–Trinajstić information content (AvgIpc) is 2.41. The molecule has 0 atom stereocenters. The monoisotopic (exact) mass is 264 g/mol. The number of nitrogens with one attached hydrogen (secondary N) is 1. The van der Waals surface area contributed by atoms with Crippen LogP contribution in [0.5, 0.6) is 5.75 Å². The minimum absolute atomic E-state index is 0.140. The first-order valence-corrected chi connectivity index (χ1v) is 5.71. The number of hydrogen-bond acceptors (Lipinski definition) is 3. The Hall–Kier alpha value is -2.30. The summed E-state index contributed by atoms with van der Waals surface area (Å²) in [5.74, 6) is -0.302. The topological polar surface area (TPSA) is 47.3 Å². The molecule has 0 heterocycles. The van der Waals surface area contributed by atoms with Crippen LogP contribution >= 0.6 is 0 Å². The Bertz CT molecular complexity index is 588. The molecule has 3 N–H and O–H groups in total. The van der Waals surface area contributed by atoms with E-state index in [4.69, 9.17) is 10.5 Å². The fourth-order valence-corrected chi connectivity index (χ4v) is 1.68. The molecule has 100 valence electrons. The van der Waals surface area contributed by atoms with Gasteiger partial charge in [0.05, 0.1) is 18.5 Å². The number of methoxy groups -OCH3 is 1. The van der Waals surface area contributed by atoms with Gasteiger partial charge in [0.25, 0.3) is 0 Å². The highest BCUT2D eigenvalue weighted by Gasteiger charge is 2.06. The zero-order chi connectivity index (χ0) is 13.8. The van der Waals surface area contributed by atoms with Crippen molar-refractivity contribution >= 4 is 11.4 Å². The molecule has 19 heavy (non-hydrogen) atoms. The highest BCUT2D eigenvalue weighted by Crippen LogP contribution is 2.25. The van der Waals surface area contributed by atoms with Gasteiger partial charge in [0, 0.05) is 18.2 Å². The minimum atomic E-state index is -0.475. The molecular weight excluding hydrogens is 250 g/mol. The SMILES string of the molecule is COc1ccc(N)c(NCc2cc(F)ccc2F)c1. The Morgan fingerprint density at radius 3 is 2.68 bits per heavy atom. The van der Waals surface area contributed by atoms with E-state index in [1.54, 1.807) is 25.3 Å². The molecule has 0 radical (unpaired) electrons. The number of ether oxygens (including phenoxy) is 1. The number of benzene rings is 2. The summed E-state index contributed by atoms with van der Waals surface area (Å²) in [6, 6.07) is 8.44. The van der Waals surface area contributed by atoms with E-state index in [0.29, 0.717) is 17.1 Å². The van der Waals surface area contributed by atoms with Crippen molar-refractivity contribution in [3.8, 4) is 5.75 Å². The Morgan fingerprint density at radius 2 is 1.95 bits per heavy atom. The maximum atomic E-state index is 13.5. The van der Waals surface area contributed by atoms with Crippen molar-refractivity contribution in [2.75, 3.05) is 18.2 Å². The highest BCUT2D eigenvalue weighted by atomic mass is 19.1. The number of nitrogens with two attached hydrogens (primary N) is 1. The van der Waals surface area contributed by atoms with Gasteiger partial charge in [-0.2, -0.15) is 0 Å². The van der Waals surface area contributed by atoms with Crippen LogP contribution in [0.25, 0.3) is 0 Å². The van der Waals surface area contributed by atoms with Crippen LogP contribution in [-0.2, 0) is 6.54 Å². The van der Waals surface area contributed by atoms with Crippen LogP contribution in [0.15, 0.2) is 36.4 Å². The Kier molecular flexibility index (Phi) is 3.85. The lowest BCUT2D eigenvalue weighted by molar-refractivity contribution is 0.415. The lowest BCUT2D eigenvalue weighted by Gasteiger charge is -2.11. The van der Waals surface area contributed by atoms with E-state index in [-0.39, 0.29) is 12.1 Å². The van der Waals surface area contributed by atoms with E-state index < -0.39 is 11.6 Å². The summed E-state index contributed by atoms with van der Waals surface area (Å²) in [5, 5.41) is 2.96. The normalized spacial score (nSPS) is 10.3. The second kappa shape index (κ2) is 5.56.